The molecule has 1 N–H and O–H groups in total. The first-order chi connectivity index (χ1) is 16.7. The Morgan fingerprint density at radius 1 is 1.09 bits per heavy atom. The van der Waals surface area contributed by atoms with Crippen LogP contribution >= 0.6 is 11.6 Å². The summed E-state index contributed by atoms with van der Waals surface area (Å²) >= 11 is 6.50. The van der Waals surface area contributed by atoms with Crippen molar-refractivity contribution < 1.29 is 22.4 Å². The van der Waals surface area contributed by atoms with Crippen LogP contribution in [0.3, 0.4) is 0 Å². The van der Waals surface area contributed by atoms with Crippen molar-refractivity contribution in [1.82, 2.24) is 25.0 Å². The van der Waals surface area contributed by atoms with Crippen LogP contribution in [-0.4, -0.2) is 63.1 Å². The fourth-order valence-corrected chi connectivity index (χ4v) is 5.24. The van der Waals surface area contributed by atoms with Gasteiger partial charge in [-0.1, -0.05) is 23.7 Å². The molecule has 2 saturated heterocycles. The van der Waals surface area contributed by atoms with E-state index in [4.69, 9.17) is 11.6 Å². The number of aromatic nitrogens is 3. The number of piperidine rings is 1. The Labute approximate surface area is 203 Å². The number of amides is 1. The monoisotopic (exact) mass is 507 g/mol. The minimum Gasteiger partial charge on any atom is -0.336 e. The number of carbonyl (C=O) groups is 1. The first-order valence-corrected chi connectivity index (χ1v) is 11.6. The standard InChI is InChI=1S/C24H22ClF4N5O/c25-21-17(22-19(26)11-31-32-22)2-1-3-18(21)23(35)34-9-8-33-12-14(4-6-16(33)13-34)20-7-5-15(10-30-20)24(27,28)29/h1-3,5,7,10-11,14,16H,4,6,8-9,12-13H2,(H,31,32)/t14-,16+/m0/s1. The zero-order valence-electron chi connectivity index (χ0n) is 18.5. The van der Waals surface area contributed by atoms with Crippen LogP contribution in [0.25, 0.3) is 11.3 Å². The largest absolute Gasteiger partial charge is 0.417 e. The van der Waals surface area contributed by atoms with Crippen molar-refractivity contribution >= 4 is 17.5 Å². The van der Waals surface area contributed by atoms with Gasteiger partial charge in [-0.15, -0.1) is 0 Å². The second-order valence-electron chi connectivity index (χ2n) is 8.90. The maximum Gasteiger partial charge on any atom is 0.417 e. The number of alkyl halides is 3. The summed E-state index contributed by atoms with van der Waals surface area (Å²) in [6.07, 6.45) is -0.886. The molecule has 1 aromatic carbocycles. The zero-order valence-corrected chi connectivity index (χ0v) is 19.3. The van der Waals surface area contributed by atoms with E-state index in [0.29, 0.717) is 43.0 Å². The molecular weight excluding hydrogens is 486 g/mol. The van der Waals surface area contributed by atoms with E-state index in [1.807, 2.05) is 0 Å². The van der Waals surface area contributed by atoms with E-state index in [-0.39, 0.29) is 28.6 Å². The minimum atomic E-state index is -4.40. The van der Waals surface area contributed by atoms with Crippen LogP contribution < -0.4 is 0 Å². The van der Waals surface area contributed by atoms with Crippen molar-refractivity contribution in [2.45, 2.75) is 31.0 Å². The number of rotatable bonds is 3. The smallest absolute Gasteiger partial charge is 0.336 e. The molecule has 1 amide bonds. The zero-order chi connectivity index (χ0) is 24.7. The highest BCUT2D eigenvalue weighted by Crippen LogP contribution is 2.35. The molecule has 184 valence electrons. The lowest BCUT2D eigenvalue weighted by Gasteiger charge is -2.46. The molecule has 0 saturated carbocycles. The SMILES string of the molecule is O=C(c1cccc(-c2[nH]ncc2F)c1Cl)N1CCN2C[C@@H](c3ccc(C(F)(F)F)cn3)CC[C@@H]2C1. The molecule has 2 fully saturated rings. The Morgan fingerprint density at radius 2 is 1.91 bits per heavy atom. The normalized spacial score (nSPS) is 21.1. The van der Waals surface area contributed by atoms with Gasteiger partial charge in [-0.25, -0.2) is 4.39 Å². The lowest BCUT2D eigenvalue weighted by molar-refractivity contribution is -0.137. The highest BCUT2D eigenvalue weighted by molar-refractivity contribution is 6.36. The summed E-state index contributed by atoms with van der Waals surface area (Å²) in [5, 5.41) is 6.42. The number of piperazine rings is 1. The topological polar surface area (TPSA) is 65.1 Å². The summed E-state index contributed by atoms with van der Waals surface area (Å²) < 4.78 is 52.5. The van der Waals surface area contributed by atoms with Gasteiger partial charge in [-0.2, -0.15) is 18.3 Å². The van der Waals surface area contributed by atoms with Gasteiger partial charge in [0.05, 0.1) is 22.3 Å². The number of hydrogen-bond donors (Lipinski definition) is 1. The molecule has 3 aromatic rings. The molecule has 0 unspecified atom stereocenters. The van der Waals surface area contributed by atoms with Gasteiger partial charge in [-0.05, 0) is 31.0 Å². The van der Waals surface area contributed by atoms with Crippen LogP contribution in [-0.2, 0) is 6.18 Å². The van der Waals surface area contributed by atoms with Crippen LogP contribution in [0.5, 0.6) is 0 Å². The second kappa shape index (κ2) is 9.23. The predicted octanol–water partition coefficient (Wildman–Crippen LogP) is 4.99. The number of benzene rings is 1. The van der Waals surface area contributed by atoms with E-state index in [2.05, 4.69) is 20.1 Å². The first kappa shape index (κ1) is 23.7. The third-order valence-corrected chi connectivity index (χ3v) is 7.23. The fourth-order valence-electron chi connectivity index (χ4n) is 4.94. The van der Waals surface area contributed by atoms with Gasteiger partial charge in [0.15, 0.2) is 5.82 Å². The number of nitrogens with one attached hydrogen (secondary N) is 1. The van der Waals surface area contributed by atoms with Crippen LogP contribution in [0.15, 0.2) is 42.7 Å². The number of carbonyl (C=O) groups excluding carboxylic acids is 1. The van der Waals surface area contributed by atoms with Crippen molar-refractivity contribution in [3.8, 4) is 11.3 Å². The van der Waals surface area contributed by atoms with Gasteiger partial charge in [0.25, 0.3) is 5.91 Å². The van der Waals surface area contributed by atoms with Crippen molar-refractivity contribution in [2.24, 2.45) is 0 Å². The number of nitrogens with zero attached hydrogens (tertiary/aromatic N) is 4. The quantitative estimate of drug-likeness (QED) is 0.507. The van der Waals surface area contributed by atoms with Crippen LogP contribution in [0.4, 0.5) is 17.6 Å². The predicted molar refractivity (Wildman–Crippen MR) is 121 cm³/mol. The molecule has 0 bridgehead atoms. The molecule has 2 aliphatic rings. The Kier molecular flexibility index (Phi) is 6.27. The van der Waals surface area contributed by atoms with E-state index in [1.54, 1.807) is 23.1 Å². The Morgan fingerprint density at radius 3 is 2.60 bits per heavy atom. The Balaban J connectivity index is 1.26. The fraction of sp³-hybridized carbons (Fsp3) is 0.375. The minimum absolute atomic E-state index is 0.0474. The summed E-state index contributed by atoms with van der Waals surface area (Å²) in [6.45, 7) is 2.33. The molecule has 35 heavy (non-hydrogen) atoms. The molecule has 0 radical (unpaired) electrons. The molecular formula is C24H22ClF4N5O. The third-order valence-electron chi connectivity index (χ3n) is 6.82. The van der Waals surface area contributed by atoms with Gasteiger partial charge in [0, 0.05) is 55.6 Å². The number of H-pyrrole nitrogens is 1. The molecule has 0 aliphatic carbocycles. The van der Waals surface area contributed by atoms with Crippen LogP contribution in [0.1, 0.15) is 40.4 Å². The molecule has 0 spiro atoms. The lowest BCUT2D eigenvalue weighted by atomic mass is 9.88. The highest BCUT2D eigenvalue weighted by atomic mass is 35.5. The van der Waals surface area contributed by atoms with Crippen LogP contribution in [0, 0.1) is 5.82 Å². The number of aromatic amines is 1. The van der Waals surface area contributed by atoms with Gasteiger partial charge < -0.3 is 4.90 Å². The van der Waals surface area contributed by atoms with Crippen molar-refractivity contribution in [3.05, 3.63) is 70.4 Å². The van der Waals surface area contributed by atoms with Crippen molar-refractivity contribution in [2.75, 3.05) is 26.2 Å². The van der Waals surface area contributed by atoms with Gasteiger partial charge in [-0.3, -0.25) is 19.8 Å². The van der Waals surface area contributed by atoms with Crippen molar-refractivity contribution in [3.63, 3.8) is 0 Å². The molecule has 2 aliphatic heterocycles. The van der Waals surface area contributed by atoms with Crippen LogP contribution in [0.2, 0.25) is 5.02 Å². The molecule has 2 aromatic heterocycles. The summed E-state index contributed by atoms with van der Waals surface area (Å²) in [5.41, 5.74) is 0.708. The summed E-state index contributed by atoms with van der Waals surface area (Å²) in [6, 6.07) is 7.60. The second-order valence-corrected chi connectivity index (χ2v) is 9.28. The van der Waals surface area contributed by atoms with Gasteiger partial charge in [0.2, 0.25) is 0 Å². The average Bonchev–Trinajstić information content (AvgIpc) is 3.28. The van der Waals surface area contributed by atoms with E-state index in [0.717, 1.165) is 31.3 Å². The summed E-state index contributed by atoms with van der Waals surface area (Å²) in [5.74, 6) is -0.724. The van der Waals surface area contributed by atoms with E-state index < -0.39 is 17.6 Å². The number of fused-ring (bicyclic) bond motifs is 1. The first-order valence-electron chi connectivity index (χ1n) is 11.3. The summed E-state index contributed by atoms with van der Waals surface area (Å²) in [4.78, 5) is 21.4. The number of hydrogen-bond acceptors (Lipinski definition) is 4. The Bertz CT molecular complexity index is 1230. The van der Waals surface area contributed by atoms with E-state index in [9.17, 15) is 22.4 Å². The molecule has 5 rings (SSSR count). The molecule has 4 heterocycles. The highest BCUT2D eigenvalue weighted by Gasteiger charge is 2.37. The van der Waals surface area contributed by atoms with Gasteiger partial charge in [0.1, 0.15) is 5.69 Å². The summed E-state index contributed by atoms with van der Waals surface area (Å²) in [7, 11) is 0. The average molecular weight is 508 g/mol. The van der Waals surface area contributed by atoms with Gasteiger partial charge >= 0.3 is 6.18 Å². The Hall–Kier alpha value is -2.98. The van der Waals surface area contributed by atoms with E-state index >= 15 is 0 Å². The number of pyridine rings is 1. The third kappa shape index (κ3) is 4.64. The lowest BCUT2D eigenvalue weighted by Crippen LogP contribution is -2.57. The maximum atomic E-state index is 14.0. The maximum absolute atomic E-state index is 14.0. The number of halogens is 5. The van der Waals surface area contributed by atoms with E-state index in [1.165, 1.54) is 6.07 Å². The molecule has 11 heteroatoms. The van der Waals surface area contributed by atoms with Crippen molar-refractivity contribution in [1.29, 1.82) is 0 Å². The molecule has 6 nitrogen and oxygen atoms in total. The molecule has 2 atom stereocenters.